The molecule has 0 aliphatic carbocycles. The number of benzene rings is 2. The summed E-state index contributed by atoms with van der Waals surface area (Å²) in [7, 11) is 0. The van der Waals surface area contributed by atoms with Gasteiger partial charge in [0.2, 0.25) is 11.8 Å². The van der Waals surface area contributed by atoms with Gasteiger partial charge in [0.1, 0.15) is 11.1 Å². The minimum atomic E-state index is -1.04. The lowest BCUT2D eigenvalue weighted by Crippen LogP contribution is -2.47. The Bertz CT molecular complexity index is 1230. The van der Waals surface area contributed by atoms with Gasteiger partial charge in [-0.25, -0.2) is 4.79 Å². The third-order valence-electron chi connectivity index (χ3n) is 5.74. The van der Waals surface area contributed by atoms with Crippen LogP contribution in [0.25, 0.3) is 11.5 Å². The molecule has 2 aromatic carbocycles. The summed E-state index contributed by atoms with van der Waals surface area (Å²) >= 11 is 3.52. The third-order valence-corrected chi connectivity index (χ3v) is 6.20. The predicted octanol–water partition coefficient (Wildman–Crippen LogP) is 6.74. The van der Waals surface area contributed by atoms with Crippen molar-refractivity contribution in [2.75, 3.05) is 13.1 Å². The Labute approximate surface area is 233 Å². The third kappa shape index (κ3) is 7.90. The van der Waals surface area contributed by atoms with Crippen molar-refractivity contribution < 1.29 is 18.7 Å². The van der Waals surface area contributed by atoms with E-state index in [2.05, 4.69) is 45.3 Å². The van der Waals surface area contributed by atoms with Crippen LogP contribution < -0.4 is 5.32 Å². The lowest BCUT2D eigenvalue weighted by Gasteiger charge is -2.29. The summed E-state index contributed by atoms with van der Waals surface area (Å²) < 4.78 is 12.4. The maximum Gasteiger partial charge on any atom is 0.408 e. The molecule has 1 heterocycles. The van der Waals surface area contributed by atoms with Crippen LogP contribution >= 0.6 is 15.9 Å². The van der Waals surface area contributed by atoms with Crippen molar-refractivity contribution in [3.63, 3.8) is 0 Å². The van der Waals surface area contributed by atoms with E-state index in [1.54, 1.807) is 32.9 Å². The first-order valence-electron chi connectivity index (χ1n) is 12.9. The number of rotatable bonds is 10. The number of amides is 2. The van der Waals surface area contributed by atoms with Gasteiger partial charge in [0, 0.05) is 35.1 Å². The van der Waals surface area contributed by atoms with Crippen LogP contribution in [-0.2, 0) is 16.7 Å². The van der Waals surface area contributed by atoms with Crippen molar-refractivity contribution in [1.82, 2.24) is 20.4 Å². The lowest BCUT2D eigenvalue weighted by molar-refractivity contribution is 0.0443. The van der Waals surface area contributed by atoms with E-state index < -0.39 is 17.2 Å². The van der Waals surface area contributed by atoms with Gasteiger partial charge in [-0.15, -0.1) is 10.2 Å². The van der Waals surface area contributed by atoms with E-state index in [1.807, 2.05) is 48.2 Å². The van der Waals surface area contributed by atoms with Crippen molar-refractivity contribution in [3.05, 3.63) is 70.0 Å². The Kier molecular flexibility index (Phi) is 9.71. The smallest absolute Gasteiger partial charge is 0.408 e. The molecule has 1 N–H and O–H groups in total. The molecule has 0 unspecified atom stereocenters. The summed E-state index contributed by atoms with van der Waals surface area (Å²) in [6, 6.07) is 15.1. The van der Waals surface area contributed by atoms with Gasteiger partial charge in [0.15, 0.2) is 0 Å². The molecule has 0 saturated carbocycles. The van der Waals surface area contributed by atoms with E-state index in [-0.39, 0.29) is 17.7 Å². The van der Waals surface area contributed by atoms with Gasteiger partial charge in [-0.3, -0.25) is 4.79 Å². The number of halogens is 1. The molecule has 2 amide bonds. The quantitative estimate of drug-likeness (QED) is 0.283. The highest BCUT2D eigenvalue weighted by Crippen LogP contribution is 2.30. The van der Waals surface area contributed by atoms with Gasteiger partial charge in [0.05, 0.1) is 0 Å². The summed E-state index contributed by atoms with van der Waals surface area (Å²) in [5.74, 6) is 0.434. The van der Waals surface area contributed by atoms with Crippen molar-refractivity contribution in [3.8, 4) is 11.5 Å². The molecular formula is C29H37BrN4O4. The molecule has 0 fully saturated rings. The van der Waals surface area contributed by atoms with E-state index >= 15 is 0 Å². The van der Waals surface area contributed by atoms with Crippen LogP contribution in [0, 0.1) is 0 Å². The van der Waals surface area contributed by atoms with Crippen LogP contribution in [0.1, 0.15) is 76.2 Å². The summed E-state index contributed by atoms with van der Waals surface area (Å²) in [6.45, 7) is 12.7. The Morgan fingerprint density at radius 1 is 1.00 bits per heavy atom. The second kappa shape index (κ2) is 12.6. The van der Waals surface area contributed by atoms with Gasteiger partial charge in [-0.2, -0.15) is 0 Å². The van der Waals surface area contributed by atoms with Gasteiger partial charge in [0.25, 0.3) is 5.91 Å². The monoisotopic (exact) mass is 584 g/mol. The van der Waals surface area contributed by atoms with Gasteiger partial charge in [-0.1, -0.05) is 60.1 Å². The second-order valence-electron chi connectivity index (χ2n) is 10.6. The number of carbonyl (C=O) groups excluding carboxylic acids is 2. The molecular weight excluding hydrogens is 548 g/mol. The largest absolute Gasteiger partial charge is 0.444 e. The van der Waals surface area contributed by atoms with Crippen molar-refractivity contribution in [1.29, 1.82) is 0 Å². The number of hydrogen-bond donors (Lipinski definition) is 1. The molecule has 1 atom stereocenters. The summed E-state index contributed by atoms with van der Waals surface area (Å²) in [6.07, 6.45) is 1.58. The van der Waals surface area contributed by atoms with Crippen LogP contribution in [0.15, 0.2) is 57.4 Å². The first-order valence-corrected chi connectivity index (χ1v) is 13.7. The lowest BCUT2D eigenvalue weighted by atomic mass is 9.92. The topological polar surface area (TPSA) is 97.6 Å². The number of hydrogen-bond acceptors (Lipinski definition) is 6. The average Bonchev–Trinajstić information content (AvgIpc) is 3.34. The van der Waals surface area contributed by atoms with Crippen molar-refractivity contribution >= 4 is 27.9 Å². The number of ether oxygens (including phenoxy) is 1. The van der Waals surface area contributed by atoms with E-state index in [0.717, 1.165) is 22.9 Å². The number of alkyl carbamates (subject to hydrolysis) is 1. The van der Waals surface area contributed by atoms with Crippen LogP contribution in [0.5, 0.6) is 0 Å². The number of aromatic nitrogens is 2. The maximum absolute atomic E-state index is 13.2. The highest BCUT2D eigenvalue weighted by Gasteiger charge is 2.36. The standard InChI is InChI=1S/C29H37BrN4O4/c1-7-14-34(15-8-2)25(35)22-16-21(17-23(30)18-22)24-32-33-26(37-24)29(6,19-20-12-10-9-11-13-20)31-27(36)38-28(3,4)5/h9-13,16-18H,7-8,14-15,19H2,1-6H3,(H,31,36)/t29-/m1/s1. The SMILES string of the molecule is CCCN(CCC)C(=O)c1cc(Br)cc(-c2nnc([C@@](C)(Cc3ccccc3)NC(=O)OC(C)(C)C)o2)c1. The first kappa shape index (κ1) is 29.4. The van der Waals surface area contributed by atoms with Crippen molar-refractivity contribution in [2.45, 2.75) is 71.9 Å². The van der Waals surface area contributed by atoms with Crippen LogP contribution in [-0.4, -0.2) is 45.8 Å². The molecule has 0 bridgehead atoms. The summed E-state index contributed by atoms with van der Waals surface area (Å²) in [5, 5.41) is 11.5. The Hall–Kier alpha value is -3.20. The normalized spacial score (nSPS) is 13.0. The summed E-state index contributed by atoms with van der Waals surface area (Å²) in [5.41, 5.74) is 0.413. The molecule has 9 heteroatoms. The molecule has 204 valence electrons. The Morgan fingerprint density at radius 2 is 1.66 bits per heavy atom. The number of nitrogens with zero attached hydrogens (tertiary/aromatic N) is 3. The minimum absolute atomic E-state index is 0.0449. The molecule has 8 nitrogen and oxygen atoms in total. The highest BCUT2D eigenvalue weighted by atomic mass is 79.9. The van der Waals surface area contributed by atoms with E-state index in [1.165, 1.54) is 0 Å². The minimum Gasteiger partial charge on any atom is -0.444 e. The van der Waals surface area contributed by atoms with Gasteiger partial charge >= 0.3 is 6.09 Å². The zero-order valence-corrected chi connectivity index (χ0v) is 24.6. The van der Waals surface area contributed by atoms with Crippen LogP contribution in [0.4, 0.5) is 4.79 Å². The fourth-order valence-electron chi connectivity index (χ4n) is 4.14. The molecule has 38 heavy (non-hydrogen) atoms. The number of nitrogens with one attached hydrogen (secondary N) is 1. The van der Waals surface area contributed by atoms with E-state index in [0.29, 0.717) is 30.6 Å². The molecule has 0 saturated heterocycles. The van der Waals surface area contributed by atoms with E-state index in [4.69, 9.17) is 9.15 Å². The fraction of sp³-hybridized carbons (Fsp3) is 0.448. The molecule has 0 aliphatic rings. The predicted molar refractivity (Wildman–Crippen MR) is 151 cm³/mol. The van der Waals surface area contributed by atoms with Crippen molar-refractivity contribution in [2.24, 2.45) is 0 Å². The molecule has 0 aliphatic heterocycles. The fourth-order valence-corrected chi connectivity index (χ4v) is 4.64. The average molecular weight is 586 g/mol. The van der Waals surface area contributed by atoms with Crippen LogP contribution in [0.3, 0.4) is 0 Å². The van der Waals surface area contributed by atoms with Gasteiger partial charge in [-0.05, 0) is 64.3 Å². The van der Waals surface area contributed by atoms with Gasteiger partial charge < -0.3 is 19.4 Å². The zero-order chi connectivity index (χ0) is 27.9. The number of carbonyl (C=O) groups is 2. The van der Waals surface area contributed by atoms with Crippen LogP contribution in [0.2, 0.25) is 0 Å². The molecule has 3 rings (SSSR count). The highest BCUT2D eigenvalue weighted by molar-refractivity contribution is 9.10. The van der Waals surface area contributed by atoms with E-state index in [9.17, 15) is 9.59 Å². The molecule has 1 aromatic heterocycles. The molecule has 3 aromatic rings. The first-order chi connectivity index (χ1) is 17.9. The molecule has 0 spiro atoms. The Morgan fingerprint density at radius 3 is 2.26 bits per heavy atom. The zero-order valence-electron chi connectivity index (χ0n) is 23.0. The Balaban J connectivity index is 1.96. The maximum atomic E-state index is 13.2. The molecule has 0 radical (unpaired) electrons. The summed E-state index contributed by atoms with van der Waals surface area (Å²) in [4.78, 5) is 27.9. The second-order valence-corrected chi connectivity index (χ2v) is 11.5.